The minimum atomic E-state index is -1.70. The van der Waals surface area contributed by atoms with E-state index in [4.69, 9.17) is 4.74 Å². The van der Waals surface area contributed by atoms with Crippen LogP contribution in [0.4, 0.5) is 10.1 Å². The first-order valence-electron chi connectivity index (χ1n) is 12.5. The van der Waals surface area contributed by atoms with E-state index in [-0.39, 0.29) is 42.8 Å². The van der Waals surface area contributed by atoms with Crippen molar-refractivity contribution in [2.45, 2.75) is 36.1 Å². The molecule has 1 saturated heterocycles. The second kappa shape index (κ2) is 10.9. The van der Waals surface area contributed by atoms with Crippen LogP contribution in [0.25, 0.3) is 0 Å². The zero-order valence-electron chi connectivity index (χ0n) is 20.9. The van der Waals surface area contributed by atoms with Crippen LogP contribution in [-0.4, -0.2) is 46.6 Å². The van der Waals surface area contributed by atoms with E-state index in [1.165, 1.54) is 11.0 Å². The fourth-order valence-corrected chi connectivity index (χ4v) is 6.29. The van der Waals surface area contributed by atoms with Gasteiger partial charge in [-0.1, -0.05) is 30.3 Å². The fourth-order valence-electron chi connectivity index (χ4n) is 4.95. The maximum atomic E-state index is 14.6. The Morgan fingerprint density at radius 2 is 1.82 bits per heavy atom. The molecule has 0 unspecified atom stereocenters. The Kier molecular flexibility index (Phi) is 7.37. The maximum Gasteiger partial charge on any atom is 0.310 e. The van der Waals surface area contributed by atoms with Crippen molar-refractivity contribution in [1.29, 1.82) is 0 Å². The van der Waals surface area contributed by atoms with E-state index >= 15 is 0 Å². The summed E-state index contributed by atoms with van der Waals surface area (Å²) in [6, 6.07) is 17.5. The van der Waals surface area contributed by atoms with Gasteiger partial charge in [0.15, 0.2) is 0 Å². The van der Waals surface area contributed by atoms with Crippen molar-refractivity contribution in [3.8, 4) is 0 Å². The van der Waals surface area contributed by atoms with Gasteiger partial charge in [0.2, 0.25) is 0 Å². The van der Waals surface area contributed by atoms with E-state index in [1.54, 1.807) is 72.5 Å². The van der Waals surface area contributed by atoms with E-state index in [9.17, 15) is 23.0 Å². The highest BCUT2D eigenvalue weighted by atomic mass is 32.2. The lowest BCUT2D eigenvalue weighted by molar-refractivity contribution is -0.149. The van der Waals surface area contributed by atoms with Crippen molar-refractivity contribution in [1.82, 2.24) is 4.90 Å². The van der Waals surface area contributed by atoms with Crippen LogP contribution >= 0.6 is 0 Å². The number of anilines is 1. The van der Waals surface area contributed by atoms with Crippen molar-refractivity contribution in [3.05, 3.63) is 89.2 Å². The molecule has 2 atom stereocenters. The molecule has 0 spiro atoms. The molecular weight excluding hydrogens is 507 g/mol. The van der Waals surface area contributed by atoms with Gasteiger partial charge in [-0.25, -0.2) is 8.60 Å². The molecule has 38 heavy (non-hydrogen) atoms. The van der Waals surface area contributed by atoms with Crippen LogP contribution in [-0.2, 0) is 26.9 Å². The summed E-state index contributed by atoms with van der Waals surface area (Å²) in [5, 5.41) is 0. The second-order valence-electron chi connectivity index (χ2n) is 9.27. The number of hydrogen-bond acceptors (Lipinski definition) is 5. The summed E-state index contributed by atoms with van der Waals surface area (Å²) in [7, 11) is -1.70. The number of carbonyl (C=O) groups is 3. The van der Waals surface area contributed by atoms with Gasteiger partial charge in [-0.3, -0.25) is 14.4 Å². The number of hydrogen-bond donors (Lipinski definition) is 0. The number of piperidine rings is 1. The van der Waals surface area contributed by atoms with Crippen LogP contribution in [0.15, 0.2) is 76.5 Å². The Morgan fingerprint density at radius 1 is 1.05 bits per heavy atom. The molecule has 2 aliphatic rings. The number of likely N-dealkylation sites (tertiary alicyclic amines) is 1. The molecule has 0 aliphatic carbocycles. The number of fused-ring (bicyclic) bond motifs is 2. The minimum Gasteiger partial charge on any atom is -0.466 e. The Bertz CT molecular complexity index is 1440. The molecule has 196 valence electrons. The average Bonchev–Trinajstić information content (AvgIpc) is 3.03. The molecule has 2 heterocycles. The zero-order chi connectivity index (χ0) is 26.8. The monoisotopic (exact) mass is 534 g/mol. The predicted octanol–water partition coefficient (Wildman–Crippen LogP) is 4.57. The van der Waals surface area contributed by atoms with Crippen LogP contribution in [0.3, 0.4) is 0 Å². The Balaban J connectivity index is 1.54. The van der Waals surface area contributed by atoms with Gasteiger partial charge in [-0.15, -0.1) is 0 Å². The molecule has 3 aromatic rings. The molecular formula is C29H27FN2O5S. The van der Waals surface area contributed by atoms with Gasteiger partial charge >= 0.3 is 5.97 Å². The largest absolute Gasteiger partial charge is 0.466 e. The smallest absolute Gasteiger partial charge is 0.310 e. The summed E-state index contributed by atoms with van der Waals surface area (Å²) in [5.41, 5.74) is 1.14. The number of carbonyl (C=O) groups excluding carboxylic acids is 3. The minimum absolute atomic E-state index is 0.101. The molecule has 0 aromatic heterocycles. The molecule has 2 aliphatic heterocycles. The summed E-state index contributed by atoms with van der Waals surface area (Å²) >= 11 is 0. The van der Waals surface area contributed by atoms with Gasteiger partial charge in [0.1, 0.15) is 5.82 Å². The highest BCUT2D eigenvalue weighted by Gasteiger charge is 2.34. The van der Waals surface area contributed by atoms with Crippen molar-refractivity contribution in [2.75, 3.05) is 24.6 Å². The third-order valence-electron chi connectivity index (χ3n) is 6.87. The summed E-state index contributed by atoms with van der Waals surface area (Å²) in [6.07, 6.45) is 1.31. The van der Waals surface area contributed by atoms with Crippen LogP contribution in [0, 0.1) is 11.7 Å². The van der Waals surface area contributed by atoms with Gasteiger partial charge in [0.05, 0.1) is 50.9 Å². The number of amides is 2. The SMILES string of the molecule is CCOC(=O)[C@H]1CCCN(C(=O)c2ccc3c(c2)N(Cc2ccccc2F)C(=O)c2ccccc2[S@]3=O)C1. The van der Waals surface area contributed by atoms with Gasteiger partial charge in [-0.05, 0) is 56.2 Å². The molecule has 9 heteroatoms. The number of esters is 1. The molecule has 7 nitrogen and oxygen atoms in total. The van der Waals surface area contributed by atoms with E-state index in [2.05, 4.69) is 0 Å². The second-order valence-corrected chi connectivity index (χ2v) is 10.7. The van der Waals surface area contributed by atoms with E-state index in [1.807, 2.05) is 0 Å². The van der Waals surface area contributed by atoms with Crippen LogP contribution in [0.1, 0.15) is 46.0 Å². The lowest BCUT2D eigenvalue weighted by Crippen LogP contribution is -2.43. The van der Waals surface area contributed by atoms with Crippen molar-refractivity contribution in [3.63, 3.8) is 0 Å². The molecule has 0 N–H and O–H groups in total. The third kappa shape index (κ3) is 4.86. The van der Waals surface area contributed by atoms with Crippen molar-refractivity contribution < 1.29 is 27.7 Å². The maximum absolute atomic E-state index is 14.6. The molecule has 5 rings (SSSR count). The first kappa shape index (κ1) is 25.8. The third-order valence-corrected chi connectivity index (χ3v) is 8.37. The van der Waals surface area contributed by atoms with E-state index < -0.39 is 28.4 Å². The van der Waals surface area contributed by atoms with Crippen LogP contribution < -0.4 is 4.90 Å². The quantitative estimate of drug-likeness (QED) is 0.448. The predicted molar refractivity (Wildman–Crippen MR) is 140 cm³/mol. The highest BCUT2D eigenvalue weighted by Crippen LogP contribution is 2.36. The number of halogens is 1. The first-order valence-corrected chi connectivity index (χ1v) is 13.7. The van der Waals surface area contributed by atoms with Gasteiger partial charge in [0.25, 0.3) is 11.8 Å². The normalized spacial score (nSPS) is 18.8. The van der Waals surface area contributed by atoms with Crippen molar-refractivity contribution >= 4 is 34.3 Å². The lowest BCUT2D eigenvalue weighted by atomic mass is 9.97. The topological polar surface area (TPSA) is 84.0 Å². The lowest BCUT2D eigenvalue weighted by Gasteiger charge is -2.32. The van der Waals surface area contributed by atoms with E-state index in [0.29, 0.717) is 40.3 Å². The summed E-state index contributed by atoms with van der Waals surface area (Å²) in [6.45, 7) is 2.65. The number of ether oxygens (including phenoxy) is 1. The summed E-state index contributed by atoms with van der Waals surface area (Å²) < 4.78 is 33.4. The molecule has 2 amide bonds. The fraction of sp³-hybridized carbons (Fsp3) is 0.276. The molecule has 0 saturated carbocycles. The van der Waals surface area contributed by atoms with Crippen LogP contribution in [0.5, 0.6) is 0 Å². The number of rotatable bonds is 5. The Hall–Kier alpha value is -3.85. The first-order chi connectivity index (χ1) is 18.4. The molecule has 1 fully saturated rings. The van der Waals surface area contributed by atoms with Gasteiger partial charge < -0.3 is 14.5 Å². The Labute approximate surface area is 222 Å². The summed E-state index contributed by atoms with van der Waals surface area (Å²) in [4.78, 5) is 43.3. The highest BCUT2D eigenvalue weighted by molar-refractivity contribution is 7.85. The molecule has 3 aromatic carbocycles. The Morgan fingerprint density at radius 3 is 2.61 bits per heavy atom. The molecule has 0 bridgehead atoms. The van der Waals surface area contributed by atoms with Gasteiger partial charge in [-0.2, -0.15) is 0 Å². The summed E-state index contributed by atoms with van der Waals surface area (Å²) in [5.74, 6) is -1.91. The average molecular weight is 535 g/mol. The van der Waals surface area contributed by atoms with Crippen molar-refractivity contribution in [2.24, 2.45) is 5.92 Å². The zero-order valence-corrected chi connectivity index (χ0v) is 21.7. The number of benzene rings is 3. The molecule has 0 radical (unpaired) electrons. The standard InChI is InChI=1S/C29H27FN2O5S/c1-2-37-29(35)21-9-7-15-31(17-21)27(33)19-13-14-26-24(16-19)32(18-20-8-3-5-11-23(20)30)28(34)22-10-4-6-12-25(22)38(26)36/h3-6,8,10-14,16,21H,2,7,9,15,17-18H2,1H3/t21-,38+/m0/s1. The van der Waals surface area contributed by atoms with Gasteiger partial charge in [0, 0.05) is 24.2 Å². The number of nitrogens with zero attached hydrogens (tertiary/aromatic N) is 2. The van der Waals surface area contributed by atoms with E-state index in [0.717, 1.165) is 0 Å². The van der Waals surface area contributed by atoms with Crippen LogP contribution in [0.2, 0.25) is 0 Å².